The van der Waals surface area contributed by atoms with Crippen molar-refractivity contribution in [3.8, 4) is 17.1 Å². The standard InChI is InChI=1S/C15H9Cl2FN2O/c1-21-12-4-2-3-10(18)13(12)15-19-11-6-5-8(16)7-9(11)14(17)20-15/h2-7H,1H3. The van der Waals surface area contributed by atoms with Crippen LogP contribution in [0.2, 0.25) is 10.2 Å². The summed E-state index contributed by atoms with van der Waals surface area (Å²) in [6.07, 6.45) is 0. The Kier molecular flexibility index (Phi) is 3.66. The predicted octanol–water partition coefficient (Wildman–Crippen LogP) is 4.75. The normalized spacial score (nSPS) is 10.9. The van der Waals surface area contributed by atoms with Crippen LogP contribution in [0.15, 0.2) is 36.4 Å². The van der Waals surface area contributed by atoms with Crippen LogP contribution in [0.5, 0.6) is 5.75 Å². The molecule has 0 aliphatic rings. The van der Waals surface area contributed by atoms with Crippen LogP contribution in [0.3, 0.4) is 0 Å². The summed E-state index contributed by atoms with van der Waals surface area (Å²) in [5, 5.41) is 1.36. The molecule has 0 aliphatic carbocycles. The molecule has 0 amide bonds. The van der Waals surface area contributed by atoms with Crippen molar-refractivity contribution in [3.63, 3.8) is 0 Å². The molecule has 0 fully saturated rings. The van der Waals surface area contributed by atoms with E-state index in [9.17, 15) is 4.39 Å². The van der Waals surface area contributed by atoms with E-state index in [0.717, 1.165) is 0 Å². The molecule has 0 unspecified atom stereocenters. The van der Waals surface area contributed by atoms with Crippen LogP contribution >= 0.6 is 23.2 Å². The molecule has 0 radical (unpaired) electrons. The van der Waals surface area contributed by atoms with Gasteiger partial charge in [0.2, 0.25) is 0 Å². The van der Waals surface area contributed by atoms with E-state index in [-0.39, 0.29) is 16.5 Å². The van der Waals surface area contributed by atoms with Gasteiger partial charge in [0, 0.05) is 10.4 Å². The van der Waals surface area contributed by atoms with E-state index in [4.69, 9.17) is 27.9 Å². The van der Waals surface area contributed by atoms with Gasteiger partial charge in [-0.15, -0.1) is 0 Å². The molecule has 3 nitrogen and oxygen atoms in total. The Bertz CT molecular complexity index is 839. The summed E-state index contributed by atoms with van der Waals surface area (Å²) in [5.74, 6) is 0.0443. The minimum Gasteiger partial charge on any atom is -0.496 e. The van der Waals surface area contributed by atoms with Gasteiger partial charge in [0.25, 0.3) is 0 Å². The molecule has 0 N–H and O–H groups in total. The minimum absolute atomic E-state index is 0.171. The third-order valence-electron chi connectivity index (χ3n) is 3.03. The summed E-state index contributed by atoms with van der Waals surface area (Å²) in [7, 11) is 1.46. The Balaban J connectivity index is 2.29. The lowest BCUT2D eigenvalue weighted by atomic mass is 10.1. The summed E-state index contributed by atoms with van der Waals surface area (Å²) in [6.45, 7) is 0. The average Bonchev–Trinajstić information content (AvgIpc) is 2.47. The first-order valence-corrected chi connectivity index (χ1v) is 6.81. The van der Waals surface area contributed by atoms with Gasteiger partial charge in [0.05, 0.1) is 18.2 Å². The third kappa shape index (κ3) is 2.52. The second-order valence-electron chi connectivity index (χ2n) is 4.32. The Morgan fingerprint density at radius 1 is 1.10 bits per heavy atom. The van der Waals surface area contributed by atoms with Crippen LogP contribution in [0.4, 0.5) is 4.39 Å². The molecule has 1 heterocycles. The Hall–Kier alpha value is -1.91. The fourth-order valence-corrected chi connectivity index (χ4v) is 2.47. The Morgan fingerprint density at radius 3 is 2.67 bits per heavy atom. The van der Waals surface area contributed by atoms with Crippen molar-refractivity contribution >= 4 is 34.1 Å². The highest BCUT2D eigenvalue weighted by molar-refractivity contribution is 6.35. The van der Waals surface area contributed by atoms with Crippen molar-refractivity contribution < 1.29 is 9.13 Å². The van der Waals surface area contributed by atoms with Gasteiger partial charge in [-0.1, -0.05) is 29.3 Å². The highest BCUT2D eigenvalue weighted by atomic mass is 35.5. The number of hydrogen-bond donors (Lipinski definition) is 0. The lowest BCUT2D eigenvalue weighted by Crippen LogP contribution is -1.97. The summed E-state index contributed by atoms with van der Waals surface area (Å²) in [5.41, 5.74) is 0.762. The van der Waals surface area contributed by atoms with Gasteiger partial charge in [-0.3, -0.25) is 0 Å². The molecule has 21 heavy (non-hydrogen) atoms. The molecule has 0 bridgehead atoms. The van der Waals surface area contributed by atoms with Crippen molar-refractivity contribution in [2.24, 2.45) is 0 Å². The molecule has 2 aromatic carbocycles. The molecule has 0 atom stereocenters. The quantitative estimate of drug-likeness (QED) is 0.638. The first-order chi connectivity index (χ1) is 10.1. The van der Waals surface area contributed by atoms with Crippen LogP contribution in [0, 0.1) is 5.82 Å². The van der Waals surface area contributed by atoms with Gasteiger partial charge in [0.15, 0.2) is 5.82 Å². The van der Waals surface area contributed by atoms with Crippen molar-refractivity contribution in [2.75, 3.05) is 7.11 Å². The highest BCUT2D eigenvalue weighted by Crippen LogP contribution is 2.33. The predicted molar refractivity (Wildman–Crippen MR) is 81.5 cm³/mol. The largest absolute Gasteiger partial charge is 0.496 e. The van der Waals surface area contributed by atoms with Gasteiger partial charge in [-0.25, -0.2) is 14.4 Å². The lowest BCUT2D eigenvalue weighted by Gasteiger charge is -2.10. The van der Waals surface area contributed by atoms with Crippen molar-refractivity contribution in [1.29, 1.82) is 0 Å². The maximum Gasteiger partial charge on any atom is 0.168 e. The molecule has 0 saturated carbocycles. The zero-order chi connectivity index (χ0) is 15.0. The number of nitrogens with zero attached hydrogens (tertiary/aromatic N) is 2. The van der Waals surface area contributed by atoms with Crippen LogP contribution in [0.1, 0.15) is 0 Å². The number of benzene rings is 2. The third-order valence-corrected chi connectivity index (χ3v) is 3.55. The van der Waals surface area contributed by atoms with E-state index in [0.29, 0.717) is 21.7 Å². The monoisotopic (exact) mass is 322 g/mol. The number of methoxy groups -OCH3 is 1. The van der Waals surface area contributed by atoms with E-state index in [2.05, 4.69) is 9.97 Å². The number of aromatic nitrogens is 2. The maximum absolute atomic E-state index is 14.1. The van der Waals surface area contributed by atoms with Crippen molar-refractivity contribution in [3.05, 3.63) is 52.4 Å². The second kappa shape index (κ2) is 5.47. The van der Waals surface area contributed by atoms with Crippen molar-refractivity contribution in [1.82, 2.24) is 9.97 Å². The van der Waals surface area contributed by atoms with Crippen LogP contribution < -0.4 is 4.74 Å². The number of hydrogen-bond acceptors (Lipinski definition) is 3. The van der Waals surface area contributed by atoms with Crippen LogP contribution in [0.25, 0.3) is 22.3 Å². The summed E-state index contributed by atoms with van der Waals surface area (Å²) in [6, 6.07) is 9.59. The first-order valence-electron chi connectivity index (χ1n) is 6.06. The topological polar surface area (TPSA) is 35.0 Å². The van der Waals surface area contributed by atoms with E-state index >= 15 is 0 Å². The molecule has 1 aromatic heterocycles. The molecule has 3 aromatic rings. The summed E-state index contributed by atoms with van der Waals surface area (Å²) in [4.78, 5) is 8.50. The SMILES string of the molecule is COc1cccc(F)c1-c1nc(Cl)c2cc(Cl)ccc2n1. The molecule has 6 heteroatoms. The Labute approximate surface area is 130 Å². The number of halogens is 3. The molecular weight excluding hydrogens is 314 g/mol. The van der Waals surface area contributed by atoms with E-state index in [1.165, 1.54) is 13.2 Å². The number of fused-ring (bicyclic) bond motifs is 1. The lowest BCUT2D eigenvalue weighted by molar-refractivity contribution is 0.413. The molecular formula is C15H9Cl2FN2O. The smallest absolute Gasteiger partial charge is 0.168 e. The van der Waals surface area contributed by atoms with Gasteiger partial charge in [-0.2, -0.15) is 0 Å². The van der Waals surface area contributed by atoms with Crippen LogP contribution in [-0.4, -0.2) is 17.1 Å². The fraction of sp³-hybridized carbons (Fsp3) is 0.0667. The molecule has 0 saturated heterocycles. The fourth-order valence-electron chi connectivity index (χ4n) is 2.07. The van der Waals surface area contributed by atoms with Gasteiger partial charge >= 0.3 is 0 Å². The average molecular weight is 323 g/mol. The van der Waals surface area contributed by atoms with E-state index in [1.54, 1.807) is 30.3 Å². The summed E-state index contributed by atoms with van der Waals surface area (Å²) >= 11 is 12.1. The molecule has 0 aliphatic heterocycles. The zero-order valence-corrected chi connectivity index (χ0v) is 12.4. The zero-order valence-electron chi connectivity index (χ0n) is 10.9. The molecule has 0 spiro atoms. The highest BCUT2D eigenvalue weighted by Gasteiger charge is 2.16. The van der Waals surface area contributed by atoms with E-state index in [1.807, 2.05) is 0 Å². The van der Waals surface area contributed by atoms with E-state index < -0.39 is 5.82 Å². The van der Waals surface area contributed by atoms with Crippen LogP contribution in [-0.2, 0) is 0 Å². The summed E-state index contributed by atoms with van der Waals surface area (Å²) < 4.78 is 19.3. The van der Waals surface area contributed by atoms with Crippen molar-refractivity contribution in [2.45, 2.75) is 0 Å². The Morgan fingerprint density at radius 2 is 1.90 bits per heavy atom. The second-order valence-corrected chi connectivity index (χ2v) is 5.11. The maximum atomic E-state index is 14.1. The first kappa shape index (κ1) is 14.0. The number of rotatable bonds is 2. The molecule has 106 valence electrons. The van der Waals surface area contributed by atoms with Gasteiger partial charge in [-0.05, 0) is 30.3 Å². The van der Waals surface area contributed by atoms with Gasteiger partial charge < -0.3 is 4.74 Å². The molecule has 3 rings (SSSR count). The minimum atomic E-state index is -0.473. The number of ether oxygens (including phenoxy) is 1. The van der Waals surface area contributed by atoms with Gasteiger partial charge in [0.1, 0.15) is 16.7 Å².